The number of amidine groups is 1. The average molecular weight is 620 g/mol. The summed E-state index contributed by atoms with van der Waals surface area (Å²) in [6.45, 7) is 4.33. The second kappa shape index (κ2) is 13.4. The third-order valence-corrected chi connectivity index (χ3v) is 7.80. The highest BCUT2D eigenvalue weighted by Gasteiger charge is 2.36. The molecular formula is C32H36F3N9O. The van der Waals surface area contributed by atoms with Crippen LogP contribution in [0, 0.1) is 5.41 Å². The van der Waals surface area contributed by atoms with E-state index in [-0.39, 0.29) is 29.6 Å². The van der Waals surface area contributed by atoms with Crippen LogP contribution in [0.5, 0.6) is 0 Å². The van der Waals surface area contributed by atoms with Crippen LogP contribution in [-0.2, 0) is 17.9 Å². The van der Waals surface area contributed by atoms with E-state index in [1.54, 1.807) is 18.3 Å². The van der Waals surface area contributed by atoms with Gasteiger partial charge in [0.2, 0.25) is 0 Å². The molecule has 236 valence electrons. The minimum Gasteiger partial charge on any atom is -0.384 e. The number of aromatic nitrogens is 1. The van der Waals surface area contributed by atoms with E-state index >= 15 is 0 Å². The number of nitrogen functional groups attached to an aromatic ring is 2. The highest BCUT2D eigenvalue weighted by Crippen LogP contribution is 2.29. The lowest BCUT2D eigenvalue weighted by molar-refractivity contribution is -0.112. The molecule has 1 aromatic heterocycles. The van der Waals surface area contributed by atoms with Gasteiger partial charge >= 0.3 is 6.18 Å². The summed E-state index contributed by atoms with van der Waals surface area (Å²) >= 11 is 0. The lowest BCUT2D eigenvalue weighted by Crippen LogP contribution is -2.43. The van der Waals surface area contributed by atoms with Gasteiger partial charge in [-0.25, -0.2) is 4.98 Å². The van der Waals surface area contributed by atoms with Crippen LogP contribution in [0.3, 0.4) is 0 Å². The summed E-state index contributed by atoms with van der Waals surface area (Å²) < 4.78 is 40.9. The molecule has 0 unspecified atom stereocenters. The third kappa shape index (κ3) is 7.99. The second-order valence-electron chi connectivity index (χ2n) is 11.2. The molecule has 3 aromatic rings. The van der Waals surface area contributed by atoms with E-state index in [1.165, 1.54) is 0 Å². The van der Waals surface area contributed by atoms with E-state index in [4.69, 9.17) is 16.9 Å². The quantitative estimate of drug-likeness (QED) is 0.158. The number of hydrogen-bond acceptors (Lipinski definition) is 8. The fraction of sp³-hybridized carbons (Fsp3) is 0.281. The minimum atomic E-state index is -4.58. The summed E-state index contributed by atoms with van der Waals surface area (Å²) in [5.41, 5.74) is 14.6. The number of benzene rings is 2. The first-order valence-electron chi connectivity index (χ1n) is 14.5. The molecule has 8 N–H and O–H groups in total. The Hall–Kier alpha value is -4.88. The maximum Gasteiger partial charge on any atom is 0.414 e. The van der Waals surface area contributed by atoms with Crippen LogP contribution in [0.15, 0.2) is 83.8 Å². The van der Waals surface area contributed by atoms with Crippen LogP contribution in [0.1, 0.15) is 16.7 Å². The average Bonchev–Trinajstić information content (AvgIpc) is 3.01. The van der Waals surface area contributed by atoms with Crippen molar-refractivity contribution >= 4 is 23.2 Å². The molecule has 2 aliphatic rings. The Bertz CT molecular complexity index is 1630. The van der Waals surface area contributed by atoms with Crippen molar-refractivity contribution in [2.75, 3.05) is 50.8 Å². The van der Waals surface area contributed by atoms with E-state index < -0.39 is 24.2 Å². The number of carbonyl (C=O) groups excluding carboxylic acids is 1. The summed E-state index contributed by atoms with van der Waals surface area (Å²) in [5.74, 6) is -0.471. The number of nitrogens with zero attached hydrogens (tertiary/aromatic N) is 3. The van der Waals surface area contributed by atoms with Gasteiger partial charge in [0, 0.05) is 63.3 Å². The van der Waals surface area contributed by atoms with Crippen molar-refractivity contribution in [1.29, 1.82) is 5.41 Å². The summed E-state index contributed by atoms with van der Waals surface area (Å²) in [4.78, 5) is 22.1. The number of carbonyl (C=O) groups is 1. The van der Waals surface area contributed by atoms with Gasteiger partial charge in [-0.05, 0) is 48.0 Å². The SMILES string of the molecule is CN1CCN(Cc2cccc(NC(=O)C3=C(NCc4ccc(-c5cnc(N)c(C(=N)N)c5)cc4)NCC(C(F)(F)F)=C3)c2)CC1. The fourth-order valence-corrected chi connectivity index (χ4v) is 5.16. The molecule has 1 saturated heterocycles. The Morgan fingerprint density at radius 1 is 1.04 bits per heavy atom. The van der Waals surface area contributed by atoms with Crippen LogP contribution in [0.4, 0.5) is 24.7 Å². The van der Waals surface area contributed by atoms with Gasteiger partial charge in [-0.15, -0.1) is 0 Å². The molecule has 0 aliphatic carbocycles. The second-order valence-corrected chi connectivity index (χ2v) is 11.2. The zero-order valence-corrected chi connectivity index (χ0v) is 24.8. The highest BCUT2D eigenvalue weighted by atomic mass is 19.4. The molecule has 2 aliphatic heterocycles. The van der Waals surface area contributed by atoms with E-state index in [0.29, 0.717) is 11.3 Å². The number of rotatable bonds is 9. The molecule has 3 heterocycles. The number of amides is 1. The van der Waals surface area contributed by atoms with Gasteiger partial charge in [0.25, 0.3) is 5.91 Å². The zero-order valence-electron chi connectivity index (χ0n) is 24.8. The molecule has 2 aromatic carbocycles. The first-order valence-corrected chi connectivity index (χ1v) is 14.5. The molecule has 0 spiro atoms. The molecule has 45 heavy (non-hydrogen) atoms. The largest absolute Gasteiger partial charge is 0.414 e. The van der Waals surface area contributed by atoms with Gasteiger partial charge in [0.05, 0.1) is 16.7 Å². The van der Waals surface area contributed by atoms with E-state index in [0.717, 1.165) is 61.1 Å². The van der Waals surface area contributed by atoms with Crippen molar-refractivity contribution in [1.82, 2.24) is 25.4 Å². The third-order valence-electron chi connectivity index (χ3n) is 7.80. The number of alkyl halides is 3. The molecule has 13 heteroatoms. The van der Waals surface area contributed by atoms with Gasteiger partial charge in [-0.2, -0.15) is 13.2 Å². The normalized spacial score (nSPS) is 16.1. The van der Waals surface area contributed by atoms with Crippen molar-refractivity contribution in [2.45, 2.75) is 19.3 Å². The van der Waals surface area contributed by atoms with Crippen LogP contribution >= 0.6 is 0 Å². The van der Waals surface area contributed by atoms with Crippen molar-refractivity contribution in [3.8, 4) is 11.1 Å². The molecule has 0 radical (unpaired) electrons. The Kier molecular flexibility index (Phi) is 9.40. The topological polar surface area (TPSA) is 148 Å². The van der Waals surface area contributed by atoms with Gasteiger partial charge < -0.3 is 32.3 Å². The number of halogens is 3. The number of likely N-dealkylation sites (N-methyl/N-ethyl adjacent to an activating group) is 1. The van der Waals surface area contributed by atoms with E-state index in [2.05, 4.69) is 37.8 Å². The molecule has 0 bridgehead atoms. The van der Waals surface area contributed by atoms with Crippen molar-refractivity contribution in [2.24, 2.45) is 5.73 Å². The number of anilines is 2. The fourth-order valence-electron chi connectivity index (χ4n) is 5.16. The molecule has 0 saturated carbocycles. The van der Waals surface area contributed by atoms with Crippen LogP contribution in [0.2, 0.25) is 0 Å². The molecule has 1 amide bonds. The summed E-state index contributed by atoms with van der Waals surface area (Å²) in [6, 6.07) is 16.5. The summed E-state index contributed by atoms with van der Waals surface area (Å²) in [5, 5.41) is 16.3. The monoisotopic (exact) mass is 619 g/mol. The van der Waals surface area contributed by atoms with Gasteiger partial charge in [-0.3, -0.25) is 15.1 Å². The number of nitrogens with two attached hydrogens (primary N) is 2. The van der Waals surface area contributed by atoms with Crippen molar-refractivity contribution < 1.29 is 18.0 Å². The number of dihydropyridines is 1. The lowest BCUT2D eigenvalue weighted by Gasteiger charge is -2.32. The smallest absolute Gasteiger partial charge is 0.384 e. The lowest BCUT2D eigenvalue weighted by atomic mass is 10.0. The Morgan fingerprint density at radius 3 is 2.47 bits per heavy atom. The van der Waals surface area contributed by atoms with Crippen LogP contribution < -0.4 is 27.4 Å². The first kappa shape index (κ1) is 31.5. The van der Waals surface area contributed by atoms with E-state index in [1.807, 2.05) is 42.5 Å². The Labute approximate surface area is 259 Å². The number of nitrogens with one attached hydrogen (secondary N) is 4. The van der Waals surface area contributed by atoms with Gasteiger partial charge in [-0.1, -0.05) is 36.4 Å². The van der Waals surface area contributed by atoms with Gasteiger partial charge in [0.1, 0.15) is 17.5 Å². The van der Waals surface area contributed by atoms with Gasteiger partial charge in [0.15, 0.2) is 0 Å². The summed E-state index contributed by atoms with van der Waals surface area (Å²) in [6.07, 6.45) is -2.10. The summed E-state index contributed by atoms with van der Waals surface area (Å²) in [7, 11) is 2.09. The predicted octanol–water partition coefficient (Wildman–Crippen LogP) is 3.39. The van der Waals surface area contributed by atoms with Crippen molar-refractivity contribution in [3.63, 3.8) is 0 Å². The zero-order chi connectivity index (χ0) is 32.1. The molecule has 0 atom stereocenters. The van der Waals surface area contributed by atoms with Crippen LogP contribution in [0.25, 0.3) is 11.1 Å². The minimum absolute atomic E-state index is 0.139. The van der Waals surface area contributed by atoms with E-state index in [9.17, 15) is 18.0 Å². The maximum absolute atomic E-state index is 13.6. The Morgan fingerprint density at radius 2 is 1.78 bits per heavy atom. The number of piperazine rings is 1. The molecule has 1 fully saturated rings. The molecule has 5 rings (SSSR count). The maximum atomic E-state index is 13.6. The standard InChI is InChI=1S/C32H36F3N9O/c1-43-9-11-44(12-10-43)19-21-3-2-4-25(13-21)42-31(45)27-15-24(32(33,34)35)18-41-30(27)40-16-20-5-7-22(8-6-20)23-14-26(28(36)37)29(38)39-17-23/h2-8,13-15,17,40-41H,9-12,16,18-19H2,1H3,(H3,36,37)(H2,38,39)(H,42,45). The molecule has 10 nitrogen and oxygen atoms in total. The predicted molar refractivity (Wildman–Crippen MR) is 169 cm³/mol. The molecular weight excluding hydrogens is 583 g/mol. The van der Waals surface area contributed by atoms with Crippen molar-refractivity contribution in [3.05, 3.63) is 101 Å². The van der Waals surface area contributed by atoms with Crippen LogP contribution in [-0.4, -0.2) is 72.5 Å². The number of hydrogen-bond donors (Lipinski definition) is 6. The number of pyridine rings is 1. The first-order chi connectivity index (χ1) is 21.5. The Balaban J connectivity index is 1.30. The highest BCUT2D eigenvalue weighted by molar-refractivity contribution is 6.06.